The number of carbonyl (C=O) groups excluding carboxylic acids is 3. The Morgan fingerprint density at radius 1 is 1.06 bits per heavy atom. The summed E-state index contributed by atoms with van der Waals surface area (Å²) in [5.41, 5.74) is -1.08. The Hall–Kier alpha value is -3.95. The second-order valence-electron chi connectivity index (χ2n) is 6.67. The fourth-order valence-corrected chi connectivity index (χ4v) is 2.95. The molecule has 3 rings (SSSR count). The number of rotatable bonds is 6. The van der Waals surface area contributed by atoms with Crippen molar-refractivity contribution < 1.29 is 32.3 Å². The minimum atomic E-state index is -4.88. The second kappa shape index (κ2) is 9.04. The van der Waals surface area contributed by atoms with Crippen molar-refractivity contribution in [3.63, 3.8) is 0 Å². The summed E-state index contributed by atoms with van der Waals surface area (Å²) in [7, 11) is 0. The van der Waals surface area contributed by atoms with Gasteiger partial charge in [-0.05, 0) is 44.2 Å². The molecule has 7 nitrogen and oxygen atoms in total. The quantitative estimate of drug-likeness (QED) is 0.445. The van der Waals surface area contributed by atoms with E-state index in [0.717, 1.165) is 6.20 Å². The SMILES string of the molecule is CCOC(=O)c1cnn(-c2cccc(NC(=O)c3ccc(C(C)=O)cc3)c2)c1C(F)(F)F. The molecule has 0 fully saturated rings. The lowest BCUT2D eigenvalue weighted by Crippen LogP contribution is -2.18. The Labute approximate surface area is 180 Å². The monoisotopic (exact) mass is 445 g/mol. The molecule has 1 heterocycles. The molecule has 0 bridgehead atoms. The van der Waals surface area contributed by atoms with Gasteiger partial charge in [0.1, 0.15) is 5.56 Å². The van der Waals surface area contributed by atoms with Crippen LogP contribution in [0.2, 0.25) is 0 Å². The number of Topliss-reactive ketones (excluding diaryl/α,β-unsaturated/α-hetero) is 1. The maximum Gasteiger partial charge on any atom is 0.434 e. The van der Waals surface area contributed by atoms with Gasteiger partial charge in [0.15, 0.2) is 11.5 Å². The maximum atomic E-state index is 13.7. The molecule has 10 heteroatoms. The summed E-state index contributed by atoms with van der Waals surface area (Å²) < 4.78 is 46.3. The number of hydrogen-bond acceptors (Lipinski definition) is 5. The van der Waals surface area contributed by atoms with Crippen LogP contribution >= 0.6 is 0 Å². The number of nitrogens with one attached hydrogen (secondary N) is 1. The first-order chi connectivity index (χ1) is 15.1. The molecular formula is C22H18F3N3O4. The highest BCUT2D eigenvalue weighted by Crippen LogP contribution is 2.34. The van der Waals surface area contributed by atoms with E-state index in [1.54, 1.807) is 0 Å². The minimum Gasteiger partial charge on any atom is -0.462 e. The molecule has 0 spiro atoms. The van der Waals surface area contributed by atoms with Gasteiger partial charge in [0.05, 0.1) is 18.5 Å². The van der Waals surface area contributed by atoms with Crippen molar-refractivity contribution in [1.29, 1.82) is 0 Å². The molecule has 32 heavy (non-hydrogen) atoms. The number of alkyl halides is 3. The van der Waals surface area contributed by atoms with E-state index in [-0.39, 0.29) is 29.3 Å². The average Bonchev–Trinajstić information content (AvgIpc) is 3.20. The number of benzene rings is 2. The number of anilines is 1. The van der Waals surface area contributed by atoms with Gasteiger partial charge in [-0.15, -0.1) is 0 Å². The third kappa shape index (κ3) is 4.85. The van der Waals surface area contributed by atoms with Crippen LogP contribution in [0.5, 0.6) is 0 Å². The highest BCUT2D eigenvalue weighted by atomic mass is 19.4. The molecule has 1 N–H and O–H groups in total. The molecule has 0 radical (unpaired) electrons. The average molecular weight is 445 g/mol. The van der Waals surface area contributed by atoms with Crippen molar-refractivity contribution in [2.24, 2.45) is 0 Å². The normalized spacial score (nSPS) is 11.2. The lowest BCUT2D eigenvalue weighted by molar-refractivity contribution is -0.143. The van der Waals surface area contributed by atoms with Crippen LogP contribution in [0.15, 0.2) is 54.7 Å². The van der Waals surface area contributed by atoms with Gasteiger partial charge in [-0.3, -0.25) is 9.59 Å². The maximum absolute atomic E-state index is 13.7. The molecule has 0 unspecified atom stereocenters. The molecule has 0 aliphatic heterocycles. The molecule has 0 saturated heterocycles. The van der Waals surface area contributed by atoms with Crippen LogP contribution in [0, 0.1) is 0 Å². The Kier molecular flexibility index (Phi) is 6.42. The molecule has 166 valence electrons. The lowest BCUT2D eigenvalue weighted by Gasteiger charge is -2.13. The fourth-order valence-electron chi connectivity index (χ4n) is 2.95. The van der Waals surface area contributed by atoms with E-state index in [9.17, 15) is 27.6 Å². The van der Waals surface area contributed by atoms with Gasteiger partial charge in [0.25, 0.3) is 5.91 Å². The Bertz CT molecular complexity index is 1170. The van der Waals surface area contributed by atoms with Gasteiger partial charge in [0, 0.05) is 16.8 Å². The smallest absolute Gasteiger partial charge is 0.434 e. The number of esters is 1. The molecule has 1 aromatic heterocycles. The molecule has 2 aromatic carbocycles. The minimum absolute atomic E-state index is 0.0161. The van der Waals surface area contributed by atoms with Crippen LogP contribution in [0.3, 0.4) is 0 Å². The van der Waals surface area contributed by atoms with Crippen molar-refractivity contribution in [3.05, 3.63) is 77.1 Å². The Morgan fingerprint density at radius 3 is 2.31 bits per heavy atom. The summed E-state index contributed by atoms with van der Waals surface area (Å²) in [5.74, 6) is -1.79. The highest BCUT2D eigenvalue weighted by molar-refractivity contribution is 6.05. The zero-order chi connectivity index (χ0) is 23.5. The fraction of sp³-hybridized carbons (Fsp3) is 0.182. The van der Waals surface area contributed by atoms with E-state index in [0.29, 0.717) is 10.2 Å². The van der Waals surface area contributed by atoms with E-state index in [1.807, 2.05) is 0 Å². The predicted molar refractivity (Wildman–Crippen MR) is 109 cm³/mol. The van der Waals surface area contributed by atoms with Crippen molar-refractivity contribution in [2.45, 2.75) is 20.0 Å². The highest BCUT2D eigenvalue weighted by Gasteiger charge is 2.41. The van der Waals surface area contributed by atoms with Gasteiger partial charge < -0.3 is 10.1 Å². The van der Waals surface area contributed by atoms with Gasteiger partial charge in [-0.1, -0.05) is 18.2 Å². The summed E-state index contributed by atoms with van der Waals surface area (Å²) in [6.45, 7) is 2.80. The van der Waals surface area contributed by atoms with Crippen LogP contribution in [0.1, 0.15) is 50.6 Å². The van der Waals surface area contributed by atoms with Crippen molar-refractivity contribution in [2.75, 3.05) is 11.9 Å². The number of hydrogen-bond donors (Lipinski definition) is 1. The third-order valence-electron chi connectivity index (χ3n) is 4.44. The van der Waals surface area contributed by atoms with Crippen molar-refractivity contribution >= 4 is 23.3 Å². The van der Waals surface area contributed by atoms with E-state index in [4.69, 9.17) is 4.74 Å². The first-order valence-electron chi connectivity index (χ1n) is 9.47. The van der Waals surface area contributed by atoms with Crippen LogP contribution in [-0.4, -0.2) is 34.0 Å². The van der Waals surface area contributed by atoms with Crippen molar-refractivity contribution in [1.82, 2.24) is 9.78 Å². The Morgan fingerprint density at radius 2 is 1.72 bits per heavy atom. The van der Waals surface area contributed by atoms with Gasteiger partial charge in [-0.25, -0.2) is 9.48 Å². The van der Waals surface area contributed by atoms with E-state index in [1.165, 1.54) is 62.4 Å². The van der Waals surface area contributed by atoms with Gasteiger partial charge in [-0.2, -0.15) is 18.3 Å². The molecule has 1 amide bonds. The van der Waals surface area contributed by atoms with Crippen LogP contribution in [-0.2, 0) is 10.9 Å². The number of nitrogens with zero attached hydrogens (tertiary/aromatic N) is 2. The van der Waals surface area contributed by atoms with Crippen LogP contribution in [0.4, 0.5) is 18.9 Å². The van der Waals surface area contributed by atoms with Crippen LogP contribution < -0.4 is 5.32 Å². The molecular weight excluding hydrogens is 427 g/mol. The summed E-state index contributed by atoms with van der Waals surface area (Å²) in [6.07, 6.45) is -4.08. The zero-order valence-corrected chi connectivity index (χ0v) is 17.1. The zero-order valence-electron chi connectivity index (χ0n) is 17.1. The molecule has 3 aromatic rings. The predicted octanol–water partition coefficient (Wildman–Crippen LogP) is 4.52. The van der Waals surface area contributed by atoms with E-state index < -0.39 is 29.3 Å². The van der Waals surface area contributed by atoms with Crippen molar-refractivity contribution in [3.8, 4) is 5.69 Å². The third-order valence-corrected chi connectivity index (χ3v) is 4.44. The van der Waals surface area contributed by atoms with Gasteiger partial charge >= 0.3 is 12.1 Å². The van der Waals surface area contributed by atoms with E-state index >= 15 is 0 Å². The molecule has 0 aliphatic rings. The Balaban J connectivity index is 1.91. The molecule has 0 atom stereocenters. The summed E-state index contributed by atoms with van der Waals surface area (Å²) in [4.78, 5) is 35.8. The summed E-state index contributed by atoms with van der Waals surface area (Å²) >= 11 is 0. The number of ether oxygens (including phenoxy) is 1. The topological polar surface area (TPSA) is 90.3 Å². The number of ketones is 1. The first-order valence-corrected chi connectivity index (χ1v) is 9.47. The lowest BCUT2D eigenvalue weighted by atomic mass is 10.1. The largest absolute Gasteiger partial charge is 0.462 e. The van der Waals surface area contributed by atoms with E-state index in [2.05, 4.69) is 10.4 Å². The number of amides is 1. The number of halogens is 3. The first kappa shape index (κ1) is 22.7. The van der Waals surface area contributed by atoms with Crippen LogP contribution in [0.25, 0.3) is 5.69 Å². The number of aromatic nitrogens is 2. The molecule has 0 saturated carbocycles. The standard InChI is InChI=1S/C22H18F3N3O4/c1-3-32-21(31)18-12-26-28(19(18)22(23,24)25)17-6-4-5-16(11-17)27-20(30)15-9-7-14(8-10-15)13(2)29/h4-12H,3H2,1-2H3,(H,27,30). The summed E-state index contributed by atoms with van der Waals surface area (Å²) in [5, 5.41) is 6.30. The second-order valence-corrected chi connectivity index (χ2v) is 6.67. The number of carbonyl (C=O) groups is 3. The van der Waals surface area contributed by atoms with Gasteiger partial charge in [0.2, 0.25) is 0 Å². The molecule has 0 aliphatic carbocycles. The summed E-state index contributed by atoms with van der Waals surface area (Å²) in [6, 6.07) is 11.5.